The van der Waals surface area contributed by atoms with E-state index in [4.69, 9.17) is 4.74 Å². The first-order valence-corrected chi connectivity index (χ1v) is 7.51. The summed E-state index contributed by atoms with van der Waals surface area (Å²) in [6.07, 6.45) is 0.283. The highest BCUT2D eigenvalue weighted by molar-refractivity contribution is 7.16. The van der Waals surface area contributed by atoms with E-state index in [1.54, 1.807) is 25.3 Å². The fourth-order valence-corrected chi connectivity index (χ4v) is 2.93. The number of carbonyl (C=O) groups is 1. The Morgan fingerprint density at radius 3 is 2.73 bits per heavy atom. The average molecular weight is 314 g/mol. The van der Waals surface area contributed by atoms with Gasteiger partial charge in [0.05, 0.1) is 23.7 Å². The van der Waals surface area contributed by atoms with Gasteiger partial charge in [0.15, 0.2) is 0 Å². The van der Waals surface area contributed by atoms with E-state index in [1.807, 2.05) is 24.3 Å². The van der Waals surface area contributed by atoms with Crippen molar-refractivity contribution in [3.63, 3.8) is 0 Å². The number of anilines is 1. The molecular weight excluding hydrogens is 300 g/mol. The molecule has 0 aliphatic heterocycles. The number of aromatic nitrogens is 1. The summed E-state index contributed by atoms with van der Waals surface area (Å²) < 4.78 is 5.91. The van der Waals surface area contributed by atoms with Crippen LogP contribution in [0.2, 0.25) is 0 Å². The summed E-state index contributed by atoms with van der Waals surface area (Å²) in [4.78, 5) is 26.0. The maximum atomic E-state index is 12.1. The molecule has 0 fully saturated rings. The molecule has 0 radical (unpaired) electrons. The molecule has 3 aromatic rings. The second-order valence-corrected chi connectivity index (χ2v) is 5.81. The Labute approximate surface area is 130 Å². The molecule has 0 aliphatic carbocycles. The lowest BCUT2D eigenvalue weighted by molar-refractivity contribution is -0.115. The Kier molecular flexibility index (Phi) is 3.93. The third kappa shape index (κ3) is 3.17. The lowest BCUT2D eigenvalue weighted by Gasteiger charge is -2.06. The fraction of sp³-hybridized carbons (Fsp3) is 0.125. The van der Waals surface area contributed by atoms with Crippen LogP contribution < -0.4 is 14.9 Å². The second kappa shape index (κ2) is 6.03. The molecule has 0 unspecified atom stereocenters. The third-order valence-electron chi connectivity index (χ3n) is 3.23. The molecule has 1 amide bonds. The molecule has 2 N–H and O–H groups in total. The summed E-state index contributed by atoms with van der Waals surface area (Å²) in [6.45, 7) is 0. The quantitative estimate of drug-likeness (QED) is 0.778. The van der Waals surface area contributed by atoms with Crippen LogP contribution in [-0.4, -0.2) is 18.0 Å². The van der Waals surface area contributed by atoms with Crippen LogP contribution in [0.25, 0.3) is 10.2 Å². The monoisotopic (exact) mass is 314 g/mol. The van der Waals surface area contributed by atoms with Crippen LogP contribution in [0.3, 0.4) is 0 Å². The largest absolute Gasteiger partial charge is 0.497 e. The SMILES string of the molecule is COc1ccc(CC(=O)Nc2ccc3[nH]c(=O)sc3c2)cc1. The molecule has 0 aliphatic rings. The number of fused-ring (bicyclic) bond motifs is 1. The number of methoxy groups -OCH3 is 1. The first-order valence-electron chi connectivity index (χ1n) is 6.70. The molecule has 0 spiro atoms. The van der Waals surface area contributed by atoms with Crippen LogP contribution in [-0.2, 0) is 11.2 Å². The molecule has 112 valence electrons. The standard InChI is InChI=1S/C16H14N2O3S/c1-21-12-5-2-10(3-6-12)8-15(19)17-11-4-7-13-14(9-11)22-16(20)18-13/h2-7,9H,8H2,1H3,(H,17,19)(H,18,20). The predicted molar refractivity (Wildman–Crippen MR) is 87.8 cm³/mol. The van der Waals surface area contributed by atoms with Crippen LogP contribution >= 0.6 is 11.3 Å². The number of carbonyl (C=O) groups excluding carboxylic acids is 1. The highest BCUT2D eigenvalue weighted by Gasteiger charge is 2.06. The second-order valence-electron chi connectivity index (χ2n) is 4.80. The molecule has 1 heterocycles. The molecule has 6 heteroatoms. The first-order chi connectivity index (χ1) is 10.6. The van der Waals surface area contributed by atoms with Crippen molar-refractivity contribution in [1.29, 1.82) is 0 Å². The summed E-state index contributed by atoms with van der Waals surface area (Å²) in [6, 6.07) is 12.7. The summed E-state index contributed by atoms with van der Waals surface area (Å²) in [5.74, 6) is 0.657. The number of hydrogen-bond donors (Lipinski definition) is 2. The van der Waals surface area contributed by atoms with E-state index in [1.165, 1.54) is 0 Å². The Hall–Kier alpha value is -2.60. The van der Waals surface area contributed by atoms with Gasteiger partial charge in [-0.1, -0.05) is 23.5 Å². The van der Waals surface area contributed by atoms with Crippen molar-refractivity contribution in [3.05, 3.63) is 57.7 Å². The number of rotatable bonds is 4. The lowest BCUT2D eigenvalue weighted by Crippen LogP contribution is -2.14. The number of benzene rings is 2. The molecule has 0 saturated heterocycles. The molecular formula is C16H14N2O3S. The number of H-pyrrole nitrogens is 1. The van der Waals surface area contributed by atoms with Gasteiger partial charge in [-0.3, -0.25) is 9.59 Å². The minimum Gasteiger partial charge on any atom is -0.497 e. The number of ether oxygens (including phenoxy) is 1. The number of amides is 1. The van der Waals surface area contributed by atoms with Gasteiger partial charge in [0.2, 0.25) is 5.91 Å². The van der Waals surface area contributed by atoms with Crippen LogP contribution in [0.5, 0.6) is 5.75 Å². The summed E-state index contributed by atoms with van der Waals surface area (Å²) in [5, 5.41) is 2.84. The Morgan fingerprint density at radius 2 is 2.00 bits per heavy atom. The predicted octanol–water partition coefficient (Wildman–Crippen LogP) is 2.78. The Morgan fingerprint density at radius 1 is 1.23 bits per heavy atom. The van der Waals surface area contributed by atoms with Crippen LogP contribution in [0.4, 0.5) is 5.69 Å². The van der Waals surface area contributed by atoms with Crippen molar-refractivity contribution >= 4 is 33.1 Å². The van der Waals surface area contributed by atoms with Gasteiger partial charge in [-0.15, -0.1) is 0 Å². The highest BCUT2D eigenvalue weighted by atomic mass is 32.1. The van der Waals surface area contributed by atoms with Crippen molar-refractivity contribution < 1.29 is 9.53 Å². The van der Waals surface area contributed by atoms with Gasteiger partial charge in [0.25, 0.3) is 0 Å². The van der Waals surface area contributed by atoms with Gasteiger partial charge >= 0.3 is 4.87 Å². The molecule has 2 aromatic carbocycles. The number of hydrogen-bond acceptors (Lipinski definition) is 4. The van der Waals surface area contributed by atoms with E-state index < -0.39 is 0 Å². The van der Waals surface area contributed by atoms with Crippen LogP contribution in [0.15, 0.2) is 47.3 Å². The van der Waals surface area contributed by atoms with Gasteiger partial charge in [0.1, 0.15) is 5.75 Å². The summed E-state index contributed by atoms with van der Waals surface area (Å²) >= 11 is 1.13. The zero-order valence-electron chi connectivity index (χ0n) is 11.9. The lowest BCUT2D eigenvalue weighted by atomic mass is 10.1. The normalized spacial score (nSPS) is 10.6. The highest BCUT2D eigenvalue weighted by Crippen LogP contribution is 2.20. The maximum absolute atomic E-state index is 12.1. The average Bonchev–Trinajstić information content (AvgIpc) is 2.87. The van der Waals surface area contributed by atoms with Gasteiger partial charge in [-0.2, -0.15) is 0 Å². The van der Waals surface area contributed by atoms with Gasteiger partial charge in [-0.05, 0) is 35.9 Å². The molecule has 0 atom stereocenters. The van der Waals surface area contributed by atoms with E-state index in [-0.39, 0.29) is 17.2 Å². The van der Waals surface area contributed by atoms with Gasteiger partial charge < -0.3 is 15.0 Å². The van der Waals surface area contributed by atoms with Crippen LogP contribution in [0, 0.1) is 0 Å². The molecule has 0 saturated carbocycles. The molecule has 0 bridgehead atoms. The minimum atomic E-state index is -0.104. The smallest absolute Gasteiger partial charge is 0.305 e. The fourth-order valence-electron chi connectivity index (χ4n) is 2.16. The topological polar surface area (TPSA) is 71.2 Å². The van der Waals surface area contributed by atoms with Gasteiger partial charge in [-0.25, -0.2) is 0 Å². The van der Waals surface area contributed by atoms with Crippen LogP contribution in [0.1, 0.15) is 5.56 Å². The number of nitrogens with one attached hydrogen (secondary N) is 2. The third-order valence-corrected chi connectivity index (χ3v) is 4.07. The summed E-state index contributed by atoms with van der Waals surface area (Å²) in [7, 11) is 1.60. The number of aromatic amines is 1. The first kappa shape index (κ1) is 14.3. The molecule has 22 heavy (non-hydrogen) atoms. The van der Waals surface area contributed by atoms with E-state index in [0.29, 0.717) is 5.69 Å². The van der Waals surface area contributed by atoms with Crippen molar-refractivity contribution in [2.75, 3.05) is 12.4 Å². The van der Waals surface area contributed by atoms with E-state index in [0.717, 1.165) is 32.9 Å². The zero-order chi connectivity index (χ0) is 15.5. The maximum Gasteiger partial charge on any atom is 0.305 e. The van der Waals surface area contributed by atoms with Crippen molar-refractivity contribution in [2.45, 2.75) is 6.42 Å². The van der Waals surface area contributed by atoms with E-state index >= 15 is 0 Å². The zero-order valence-corrected chi connectivity index (χ0v) is 12.7. The Balaban J connectivity index is 1.70. The van der Waals surface area contributed by atoms with Crippen molar-refractivity contribution in [2.24, 2.45) is 0 Å². The van der Waals surface area contributed by atoms with E-state index in [9.17, 15) is 9.59 Å². The van der Waals surface area contributed by atoms with Crippen molar-refractivity contribution in [3.8, 4) is 5.75 Å². The van der Waals surface area contributed by atoms with Crippen molar-refractivity contribution in [1.82, 2.24) is 4.98 Å². The molecule has 5 nitrogen and oxygen atoms in total. The van der Waals surface area contributed by atoms with Gasteiger partial charge in [0, 0.05) is 5.69 Å². The summed E-state index contributed by atoms with van der Waals surface area (Å²) in [5.41, 5.74) is 2.37. The Bertz CT molecular complexity index is 865. The van der Waals surface area contributed by atoms with E-state index in [2.05, 4.69) is 10.3 Å². The minimum absolute atomic E-state index is 0.100. The molecule has 3 rings (SSSR count). The number of thiazole rings is 1. The molecule has 1 aromatic heterocycles.